The van der Waals surface area contributed by atoms with Crippen molar-refractivity contribution in [3.05, 3.63) is 218 Å². The number of hydrogen-bond donors (Lipinski definition) is 1. The van der Waals surface area contributed by atoms with E-state index >= 15 is 0 Å². The number of phenols is 1. The van der Waals surface area contributed by atoms with Gasteiger partial charge < -0.3 is 5.11 Å². The Morgan fingerprint density at radius 1 is 0.500 bits per heavy atom. The molecule has 2 aromatic heterocycles. The van der Waals surface area contributed by atoms with Crippen LogP contribution in [0.2, 0.25) is 0 Å². The third kappa shape index (κ3) is 7.39. The van der Waals surface area contributed by atoms with Crippen LogP contribution in [0.25, 0.3) is 95.0 Å². The normalized spacial score (nSPS) is 12.0. The van der Waals surface area contributed by atoms with Gasteiger partial charge in [0.15, 0.2) is 0 Å². The number of benzene rings is 8. The number of hydrogen-bond acceptors (Lipinski definition) is 3. The maximum atomic E-state index is 11.3. The summed E-state index contributed by atoms with van der Waals surface area (Å²) in [6, 6.07) is 69.6. The number of nitrogens with zero attached hydrogens (tertiary/aromatic N) is 3. The summed E-state index contributed by atoms with van der Waals surface area (Å²) in [6.07, 6.45) is 1.85. The van der Waals surface area contributed by atoms with Crippen molar-refractivity contribution >= 4 is 11.0 Å². The van der Waals surface area contributed by atoms with Crippen LogP contribution >= 0.6 is 0 Å². The van der Waals surface area contributed by atoms with Gasteiger partial charge in [0.05, 0.1) is 22.3 Å². The monoisotopic (exact) mass is 954 g/mol. The van der Waals surface area contributed by atoms with E-state index in [-0.39, 0.29) is 32.4 Å². The summed E-state index contributed by atoms with van der Waals surface area (Å²) in [5.74, 6) is 0.586. The van der Waals surface area contributed by atoms with Crippen molar-refractivity contribution in [2.24, 2.45) is 0 Å². The molecule has 0 saturated carbocycles. The van der Waals surface area contributed by atoms with Crippen molar-refractivity contribution in [1.29, 1.82) is 0 Å². The largest absolute Gasteiger partial charge is 0.507 e. The fourth-order valence-corrected chi connectivity index (χ4v) is 7.88. The molecule has 0 radical (unpaired) electrons. The van der Waals surface area contributed by atoms with Crippen molar-refractivity contribution in [1.82, 2.24) is 14.5 Å². The Labute approximate surface area is 368 Å². The number of rotatable bonds is 8. The van der Waals surface area contributed by atoms with E-state index in [0.717, 1.165) is 72.5 Å². The van der Waals surface area contributed by atoms with Crippen LogP contribution in [0.15, 0.2) is 206 Å². The van der Waals surface area contributed by atoms with Crippen LogP contribution < -0.4 is 0 Å². The number of para-hydroxylation sites is 2. The molecule has 1 N–H and O–H groups in total. The minimum atomic E-state index is -2.31. The number of aromatic hydroxyl groups is 1. The molecule has 0 fully saturated rings. The van der Waals surface area contributed by atoms with Crippen LogP contribution in [0, 0.1) is 12.9 Å². The molecule has 5 heteroatoms. The molecule has 0 aliphatic carbocycles. The second kappa shape index (κ2) is 16.6. The van der Waals surface area contributed by atoms with E-state index in [9.17, 15) is 5.11 Å². The quantitative estimate of drug-likeness (QED) is 0.154. The third-order valence-electron chi connectivity index (χ3n) is 10.8. The predicted molar refractivity (Wildman–Crippen MR) is 242 cm³/mol. The SMILES string of the molecule is [2H]C([2H])([2H])c1ccc(-n2c(-c3ccccc3O)nc3c(-c4[c-]c(-c5cc(-c6ccc(-c7ccccc7)cc6)ccn5)cc(-c5ccccc5)c4)cccc32)c(-c2ccccc2)c1.[Pt]. The molecule has 0 atom stereocenters. The molecule has 0 unspecified atom stereocenters. The van der Waals surface area contributed by atoms with Crippen molar-refractivity contribution in [3.8, 4) is 89.7 Å². The average Bonchev–Trinajstić information content (AvgIpc) is 3.71. The number of aryl methyl sites for hydroxylation is 1. The number of pyridine rings is 1. The predicted octanol–water partition coefficient (Wildman–Crippen LogP) is 13.9. The van der Waals surface area contributed by atoms with Crippen molar-refractivity contribution < 1.29 is 30.3 Å². The average molecular weight is 955 g/mol. The summed E-state index contributed by atoms with van der Waals surface area (Å²) < 4.78 is 26.8. The summed E-state index contributed by atoms with van der Waals surface area (Å²) in [4.78, 5) is 10.2. The summed E-state index contributed by atoms with van der Waals surface area (Å²) in [5, 5.41) is 11.3. The minimum Gasteiger partial charge on any atom is -0.507 e. The molecule has 0 amide bonds. The Hall–Kier alpha value is -7.13. The molecule has 10 aromatic rings. The molecule has 0 spiro atoms. The molecule has 8 aromatic carbocycles. The van der Waals surface area contributed by atoms with E-state index in [0.29, 0.717) is 16.9 Å². The zero-order valence-corrected chi connectivity index (χ0v) is 34.5. The maximum absolute atomic E-state index is 11.3. The van der Waals surface area contributed by atoms with Crippen LogP contribution in [0.5, 0.6) is 5.75 Å². The minimum absolute atomic E-state index is 0. The molecule has 0 saturated heterocycles. The molecule has 60 heavy (non-hydrogen) atoms. The molecular formula is C55H38N3OPt-. The van der Waals surface area contributed by atoms with Gasteiger partial charge in [-0.05, 0) is 76.6 Å². The smallest absolute Gasteiger partial charge is 0.148 e. The second-order valence-electron chi connectivity index (χ2n) is 14.5. The second-order valence-corrected chi connectivity index (χ2v) is 14.5. The first-order valence-corrected chi connectivity index (χ1v) is 19.5. The van der Waals surface area contributed by atoms with Gasteiger partial charge in [-0.25, -0.2) is 4.98 Å². The first kappa shape index (κ1) is 34.9. The van der Waals surface area contributed by atoms with E-state index in [1.165, 1.54) is 5.56 Å². The number of aromatic nitrogens is 3. The zero-order chi connectivity index (χ0) is 42.2. The van der Waals surface area contributed by atoms with E-state index in [1.54, 1.807) is 24.3 Å². The van der Waals surface area contributed by atoms with Gasteiger partial charge >= 0.3 is 0 Å². The Bertz CT molecular complexity index is 3220. The van der Waals surface area contributed by atoms with Gasteiger partial charge in [-0.1, -0.05) is 174 Å². The Morgan fingerprint density at radius 2 is 1.10 bits per heavy atom. The summed E-state index contributed by atoms with van der Waals surface area (Å²) in [7, 11) is 0. The van der Waals surface area contributed by atoms with Crippen molar-refractivity contribution in [3.63, 3.8) is 0 Å². The Kier molecular flexibility index (Phi) is 9.66. The van der Waals surface area contributed by atoms with Crippen LogP contribution in [-0.2, 0) is 21.1 Å². The zero-order valence-electron chi connectivity index (χ0n) is 35.2. The van der Waals surface area contributed by atoms with Crippen molar-refractivity contribution in [2.45, 2.75) is 6.85 Å². The Balaban J connectivity index is 0.00000504. The van der Waals surface area contributed by atoms with Gasteiger partial charge in [-0.2, -0.15) is 0 Å². The first-order chi connectivity index (χ1) is 30.3. The van der Waals surface area contributed by atoms with Crippen molar-refractivity contribution in [2.75, 3.05) is 0 Å². The summed E-state index contributed by atoms with van der Waals surface area (Å²) in [5.41, 5.74) is 14.3. The fraction of sp³-hybridized carbons (Fsp3) is 0.0182. The summed E-state index contributed by atoms with van der Waals surface area (Å²) >= 11 is 0. The topological polar surface area (TPSA) is 50.9 Å². The number of imidazole rings is 1. The van der Waals surface area contributed by atoms with Gasteiger partial charge in [-0.3, -0.25) is 9.55 Å². The molecule has 2 heterocycles. The molecule has 10 rings (SSSR count). The standard InChI is InChI=1S/C55H38N3O.Pt/c1-37-24-29-51(49(32-37)42-18-9-4-10-19-42)58-52-22-13-21-47(54(52)57-55(58)48-20-11-12-23-53(48)59)45-33-44(39-16-7-3-8-17-39)34-46(35-45)50-36-43(30-31-56-50)41-27-25-40(26-28-41)38-14-5-2-6-15-38;/h2-34,36,59H,1H3;/q-1;/i1D3;. The van der Waals surface area contributed by atoms with Crippen LogP contribution in [0.4, 0.5) is 0 Å². The number of fused-ring (bicyclic) bond motifs is 1. The third-order valence-corrected chi connectivity index (χ3v) is 10.8. The van der Waals surface area contributed by atoms with Crippen LogP contribution in [-0.4, -0.2) is 19.6 Å². The molecule has 0 aliphatic heterocycles. The van der Waals surface area contributed by atoms with E-state index < -0.39 is 6.85 Å². The van der Waals surface area contributed by atoms with Crippen LogP contribution in [0.3, 0.4) is 0 Å². The van der Waals surface area contributed by atoms with Gasteiger partial charge in [0.25, 0.3) is 0 Å². The molecule has 0 aliphatic rings. The molecule has 290 valence electrons. The molecule has 4 nitrogen and oxygen atoms in total. The van der Waals surface area contributed by atoms with Gasteiger partial charge in [0, 0.05) is 42.6 Å². The van der Waals surface area contributed by atoms with E-state index in [2.05, 4.69) is 84.9 Å². The van der Waals surface area contributed by atoms with Gasteiger partial charge in [0.2, 0.25) is 0 Å². The van der Waals surface area contributed by atoms with Crippen LogP contribution in [0.1, 0.15) is 9.68 Å². The molecular weight excluding hydrogens is 914 g/mol. The first-order valence-electron chi connectivity index (χ1n) is 21.0. The van der Waals surface area contributed by atoms with E-state index in [4.69, 9.17) is 14.1 Å². The number of phenolic OH excluding ortho intramolecular Hbond substituents is 1. The van der Waals surface area contributed by atoms with E-state index in [1.807, 2.05) is 108 Å². The Morgan fingerprint density at radius 3 is 1.80 bits per heavy atom. The fourth-order valence-electron chi connectivity index (χ4n) is 7.88. The maximum Gasteiger partial charge on any atom is 0.148 e. The molecule has 0 bridgehead atoms. The van der Waals surface area contributed by atoms with Gasteiger partial charge in [-0.15, -0.1) is 23.8 Å². The van der Waals surface area contributed by atoms with Gasteiger partial charge in [0.1, 0.15) is 11.6 Å². The summed E-state index contributed by atoms with van der Waals surface area (Å²) in [6.45, 7) is -2.31.